The minimum absolute atomic E-state index is 0. The summed E-state index contributed by atoms with van der Waals surface area (Å²) < 4.78 is 0. The molecular weight excluding hydrogens is 182 g/mol. The average molecular weight is 206 g/mol. The molecular formula is C11H24ClN. The molecule has 0 aromatic heterocycles. The Morgan fingerprint density at radius 3 is 2.23 bits per heavy atom. The molecule has 0 aliphatic carbocycles. The molecule has 1 nitrogen and oxygen atoms in total. The predicted molar refractivity (Wildman–Crippen MR) is 61.7 cm³/mol. The highest BCUT2D eigenvalue weighted by atomic mass is 35.5. The lowest BCUT2D eigenvalue weighted by molar-refractivity contribution is 0.224. The fourth-order valence-electron chi connectivity index (χ4n) is 1.95. The smallest absolute Gasteiger partial charge is 0.00187 e. The maximum absolute atomic E-state index is 2.64. The van der Waals surface area contributed by atoms with Crippen molar-refractivity contribution in [1.82, 2.24) is 4.90 Å². The van der Waals surface area contributed by atoms with Gasteiger partial charge in [-0.1, -0.05) is 32.6 Å². The molecule has 2 heteroatoms. The number of rotatable bonds is 5. The molecule has 0 spiro atoms. The van der Waals surface area contributed by atoms with Gasteiger partial charge in [-0.05, 0) is 38.9 Å². The molecule has 0 amide bonds. The Bertz CT molecular complexity index is 100. The second-order valence-electron chi connectivity index (χ2n) is 3.96. The van der Waals surface area contributed by atoms with Crippen molar-refractivity contribution in [2.24, 2.45) is 0 Å². The second-order valence-corrected chi connectivity index (χ2v) is 3.96. The molecule has 0 unspecified atom stereocenters. The number of piperidine rings is 1. The largest absolute Gasteiger partial charge is 0.303 e. The van der Waals surface area contributed by atoms with Crippen LogP contribution in [0.1, 0.15) is 51.9 Å². The van der Waals surface area contributed by atoms with Crippen LogP contribution in [0.2, 0.25) is 0 Å². The minimum Gasteiger partial charge on any atom is -0.303 e. The Morgan fingerprint density at radius 1 is 0.923 bits per heavy atom. The fourth-order valence-corrected chi connectivity index (χ4v) is 1.95. The monoisotopic (exact) mass is 205 g/mol. The van der Waals surface area contributed by atoms with Crippen LogP contribution in [-0.2, 0) is 0 Å². The van der Waals surface area contributed by atoms with E-state index in [-0.39, 0.29) is 12.4 Å². The first-order chi connectivity index (χ1) is 5.93. The Labute approximate surface area is 89.3 Å². The first kappa shape index (κ1) is 13.2. The van der Waals surface area contributed by atoms with Crippen molar-refractivity contribution in [2.45, 2.75) is 51.9 Å². The van der Waals surface area contributed by atoms with Crippen LogP contribution >= 0.6 is 12.4 Å². The van der Waals surface area contributed by atoms with E-state index >= 15 is 0 Å². The van der Waals surface area contributed by atoms with Gasteiger partial charge in [0.1, 0.15) is 0 Å². The van der Waals surface area contributed by atoms with Crippen LogP contribution in [0.5, 0.6) is 0 Å². The van der Waals surface area contributed by atoms with Crippen LogP contribution in [0, 0.1) is 0 Å². The van der Waals surface area contributed by atoms with Gasteiger partial charge >= 0.3 is 0 Å². The highest BCUT2D eigenvalue weighted by Crippen LogP contribution is 2.10. The normalized spacial score (nSPS) is 18.2. The van der Waals surface area contributed by atoms with Gasteiger partial charge in [-0.3, -0.25) is 0 Å². The number of halogens is 1. The fraction of sp³-hybridized carbons (Fsp3) is 1.00. The first-order valence-corrected chi connectivity index (χ1v) is 5.66. The van der Waals surface area contributed by atoms with Crippen molar-refractivity contribution in [3.63, 3.8) is 0 Å². The lowest BCUT2D eigenvalue weighted by atomic mass is 10.1. The van der Waals surface area contributed by atoms with Crippen LogP contribution in [0.4, 0.5) is 0 Å². The Hall–Kier alpha value is 0.250. The summed E-state index contributed by atoms with van der Waals surface area (Å²) in [5, 5.41) is 0. The Morgan fingerprint density at radius 2 is 1.62 bits per heavy atom. The first-order valence-electron chi connectivity index (χ1n) is 5.66. The van der Waals surface area contributed by atoms with Gasteiger partial charge in [0, 0.05) is 0 Å². The van der Waals surface area contributed by atoms with E-state index in [4.69, 9.17) is 0 Å². The van der Waals surface area contributed by atoms with E-state index < -0.39 is 0 Å². The standard InChI is InChI=1S/C11H23N.ClH/c1-2-3-4-6-9-12-10-7-5-8-11-12;/h2-11H2,1H3;1H. The summed E-state index contributed by atoms with van der Waals surface area (Å²) in [5.74, 6) is 0. The van der Waals surface area contributed by atoms with Crippen LogP contribution in [0.25, 0.3) is 0 Å². The third-order valence-corrected chi connectivity index (χ3v) is 2.78. The summed E-state index contributed by atoms with van der Waals surface area (Å²) in [6.45, 7) is 6.37. The van der Waals surface area contributed by atoms with Crippen LogP contribution in [0.15, 0.2) is 0 Å². The summed E-state index contributed by atoms with van der Waals surface area (Å²) >= 11 is 0. The summed E-state index contributed by atoms with van der Waals surface area (Å²) in [5.41, 5.74) is 0. The molecule has 1 aliphatic heterocycles. The molecule has 1 rings (SSSR count). The Balaban J connectivity index is 0.00000144. The van der Waals surface area contributed by atoms with Gasteiger partial charge in [0.2, 0.25) is 0 Å². The molecule has 0 saturated carbocycles. The number of unbranched alkanes of at least 4 members (excludes halogenated alkanes) is 3. The maximum atomic E-state index is 2.64. The van der Waals surface area contributed by atoms with E-state index in [1.165, 1.54) is 64.6 Å². The molecule has 1 heterocycles. The van der Waals surface area contributed by atoms with Gasteiger partial charge in [-0.15, -0.1) is 12.4 Å². The van der Waals surface area contributed by atoms with E-state index in [1.54, 1.807) is 0 Å². The number of likely N-dealkylation sites (tertiary alicyclic amines) is 1. The third-order valence-electron chi connectivity index (χ3n) is 2.78. The average Bonchev–Trinajstić information content (AvgIpc) is 2.14. The number of hydrogen-bond acceptors (Lipinski definition) is 1. The molecule has 0 aromatic rings. The zero-order valence-corrected chi connectivity index (χ0v) is 9.74. The van der Waals surface area contributed by atoms with Gasteiger partial charge in [-0.2, -0.15) is 0 Å². The predicted octanol–water partition coefficient (Wildman–Crippen LogP) is 3.47. The van der Waals surface area contributed by atoms with Crippen molar-refractivity contribution in [2.75, 3.05) is 19.6 Å². The van der Waals surface area contributed by atoms with Crippen LogP contribution in [-0.4, -0.2) is 24.5 Å². The van der Waals surface area contributed by atoms with Crippen molar-refractivity contribution in [3.05, 3.63) is 0 Å². The van der Waals surface area contributed by atoms with E-state index in [1.807, 2.05) is 0 Å². The van der Waals surface area contributed by atoms with Crippen molar-refractivity contribution < 1.29 is 0 Å². The van der Waals surface area contributed by atoms with Crippen molar-refractivity contribution >= 4 is 12.4 Å². The third kappa shape index (κ3) is 6.34. The summed E-state index contributed by atoms with van der Waals surface area (Å²) in [7, 11) is 0. The molecule has 0 atom stereocenters. The summed E-state index contributed by atoms with van der Waals surface area (Å²) in [6, 6.07) is 0. The highest BCUT2D eigenvalue weighted by Gasteiger charge is 2.08. The van der Waals surface area contributed by atoms with Crippen LogP contribution in [0.3, 0.4) is 0 Å². The molecule has 0 radical (unpaired) electrons. The molecule has 0 N–H and O–H groups in total. The van der Waals surface area contributed by atoms with Gasteiger partial charge in [0.25, 0.3) is 0 Å². The van der Waals surface area contributed by atoms with Crippen molar-refractivity contribution in [3.8, 4) is 0 Å². The molecule has 0 aromatic carbocycles. The van der Waals surface area contributed by atoms with E-state index in [9.17, 15) is 0 Å². The zero-order chi connectivity index (χ0) is 8.65. The number of nitrogens with zero attached hydrogens (tertiary/aromatic N) is 1. The number of hydrogen-bond donors (Lipinski definition) is 0. The van der Waals surface area contributed by atoms with E-state index in [2.05, 4.69) is 11.8 Å². The zero-order valence-electron chi connectivity index (χ0n) is 8.93. The topological polar surface area (TPSA) is 3.24 Å². The molecule has 13 heavy (non-hydrogen) atoms. The Kier molecular flexibility index (Phi) is 9.00. The molecule has 1 aliphatic rings. The lowest BCUT2D eigenvalue weighted by Gasteiger charge is -2.26. The van der Waals surface area contributed by atoms with Crippen LogP contribution < -0.4 is 0 Å². The quantitative estimate of drug-likeness (QED) is 0.622. The van der Waals surface area contributed by atoms with Gasteiger partial charge < -0.3 is 4.90 Å². The SMILES string of the molecule is CCCCCCN1CCCCC1.Cl. The minimum atomic E-state index is 0. The van der Waals surface area contributed by atoms with E-state index in [0.29, 0.717) is 0 Å². The molecule has 1 saturated heterocycles. The molecule has 80 valence electrons. The van der Waals surface area contributed by atoms with Gasteiger partial charge in [0.05, 0.1) is 0 Å². The highest BCUT2D eigenvalue weighted by molar-refractivity contribution is 5.85. The second kappa shape index (κ2) is 8.83. The van der Waals surface area contributed by atoms with Gasteiger partial charge in [0.15, 0.2) is 0 Å². The molecule has 0 bridgehead atoms. The summed E-state index contributed by atoms with van der Waals surface area (Å²) in [4.78, 5) is 2.64. The maximum Gasteiger partial charge on any atom is -0.00187 e. The van der Waals surface area contributed by atoms with Crippen molar-refractivity contribution in [1.29, 1.82) is 0 Å². The van der Waals surface area contributed by atoms with E-state index in [0.717, 1.165) is 0 Å². The molecule has 1 fully saturated rings. The summed E-state index contributed by atoms with van der Waals surface area (Å²) in [6.07, 6.45) is 9.99. The van der Waals surface area contributed by atoms with Gasteiger partial charge in [-0.25, -0.2) is 0 Å². The lowest BCUT2D eigenvalue weighted by Crippen LogP contribution is -2.30.